The van der Waals surface area contributed by atoms with Crippen LogP contribution in [0, 0.1) is 11.2 Å². The van der Waals surface area contributed by atoms with E-state index in [4.69, 9.17) is 25.8 Å². The van der Waals surface area contributed by atoms with Crippen molar-refractivity contribution in [1.29, 1.82) is 5.41 Å². The molecule has 3 aromatic carbocycles. The maximum Gasteiger partial charge on any atom is 0.490 e. The van der Waals surface area contributed by atoms with Crippen LogP contribution in [0.3, 0.4) is 0 Å². The monoisotopic (exact) mass is 743 g/mol. The van der Waals surface area contributed by atoms with Gasteiger partial charge in [0.1, 0.15) is 24.8 Å². The first kappa shape index (κ1) is 40.6. The van der Waals surface area contributed by atoms with E-state index in [-0.39, 0.29) is 47.8 Å². The number of carboxylic acid groups (broad SMARTS) is 2. The lowest BCUT2D eigenvalue weighted by Crippen LogP contribution is -2.35. The average molecular weight is 744 g/mol. The number of nitrogen functional groups attached to an aromatic ring is 1. The molecule has 53 heavy (non-hydrogen) atoms. The summed E-state index contributed by atoms with van der Waals surface area (Å²) in [6.45, 7) is 3.26. The number of halogens is 4. The number of carboxylic acids is 2. The van der Waals surface area contributed by atoms with Crippen molar-refractivity contribution in [2.45, 2.75) is 45.8 Å². The standard InChI is InChI=1S/C32H32FN7O6.C2HF3O2/c1-18(2)38-29-30(42)40(26(15-37-29)22-11-23(31(43)44)13-25(34)12-22)16-27(41)36-14-19-3-7-21(8-4-19)28(35)39-32(45)46-17-20-5-9-24(33)10-6-20;3-2(4,5)1(6)7/h3-13,15,18H,14,16-17,34H2,1-2H3,(H,36,41)(H,37,38)(H,43,44)(H2,35,39,45);(H,6,7). The van der Waals surface area contributed by atoms with E-state index >= 15 is 0 Å². The van der Waals surface area contributed by atoms with E-state index in [1.807, 2.05) is 13.8 Å². The Bertz CT molecular complexity index is 2030. The molecular formula is C34H33F4N7O8. The zero-order valence-electron chi connectivity index (χ0n) is 28.0. The summed E-state index contributed by atoms with van der Waals surface area (Å²) >= 11 is 0. The molecule has 0 radical (unpaired) electrons. The molecule has 0 fully saturated rings. The molecule has 4 aromatic rings. The first-order chi connectivity index (χ1) is 24.8. The fourth-order valence-electron chi connectivity index (χ4n) is 4.30. The fourth-order valence-corrected chi connectivity index (χ4v) is 4.30. The van der Waals surface area contributed by atoms with E-state index in [0.29, 0.717) is 22.3 Å². The van der Waals surface area contributed by atoms with Crippen molar-refractivity contribution in [1.82, 2.24) is 20.2 Å². The van der Waals surface area contributed by atoms with Crippen molar-refractivity contribution in [3.05, 3.63) is 111 Å². The van der Waals surface area contributed by atoms with Gasteiger partial charge in [-0.1, -0.05) is 36.4 Å². The van der Waals surface area contributed by atoms with Crippen LogP contribution in [0.5, 0.6) is 0 Å². The number of nitrogens with one attached hydrogen (secondary N) is 4. The molecule has 15 nitrogen and oxygen atoms in total. The molecule has 1 heterocycles. The van der Waals surface area contributed by atoms with Crippen molar-refractivity contribution in [3.63, 3.8) is 0 Å². The largest absolute Gasteiger partial charge is 0.490 e. The minimum atomic E-state index is -5.08. The second-order valence-corrected chi connectivity index (χ2v) is 11.3. The molecule has 2 amide bonds. The van der Waals surface area contributed by atoms with Gasteiger partial charge in [-0.3, -0.25) is 24.9 Å². The summed E-state index contributed by atoms with van der Waals surface area (Å²) in [5, 5.41) is 32.8. The number of carbonyl (C=O) groups is 4. The molecule has 8 N–H and O–H groups in total. The van der Waals surface area contributed by atoms with Crippen molar-refractivity contribution >= 4 is 41.3 Å². The summed E-state index contributed by atoms with van der Waals surface area (Å²) in [7, 11) is 0. The molecule has 0 saturated carbocycles. The number of aliphatic carboxylic acids is 1. The number of amidine groups is 1. The molecule has 0 unspecified atom stereocenters. The van der Waals surface area contributed by atoms with Crippen LogP contribution in [-0.2, 0) is 34.0 Å². The van der Waals surface area contributed by atoms with Crippen LogP contribution in [0.4, 0.5) is 33.9 Å². The van der Waals surface area contributed by atoms with Gasteiger partial charge in [0.25, 0.3) is 5.56 Å². The molecule has 280 valence electrons. The molecule has 0 bridgehead atoms. The summed E-state index contributed by atoms with van der Waals surface area (Å²) in [5.41, 5.74) is 7.57. The Kier molecular flexibility index (Phi) is 13.7. The highest BCUT2D eigenvalue weighted by atomic mass is 19.4. The maximum atomic E-state index is 13.4. The Morgan fingerprint density at radius 3 is 2.13 bits per heavy atom. The number of carbonyl (C=O) groups excluding carboxylic acids is 2. The van der Waals surface area contributed by atoms with Crippen LogP contribution in [0.25, 0.3) is 11.3 Å². The number of hydrogen-bond acceptors (Lipinski definition) is 10. The Morgan fingerprint density at radius 1 is 0.962 bits per heavy atom. The fraction of sp³-hybridized carbons (Fsp3) is 0.206. The topological polar surface area (TPSA) is 239 Å². The summed E-state index contributed by atoms with van der Waals surface area (Å²) < 4.78 is 51.0. The SMILES string of the molecule is CC(C)Nc1ncc(-c2cc(N)cc(C(=O)O)c2)n(CC(=O)NCc2ccc(C(=N)NC(=O)OCc3ccc(F)cc3)cc2)c1=O.O=C(O)C(F)(F)F. The van der Waals surface area contributed by atoms with Gasteiger partial charge in [0.2, 0.25) is 5.91 Å². The second-order valence-electron chi connectivity index (χ2n) is 11.3. The van der Waals surface area contributed by atoms with E-state index in [2.05, 4.69) is 20.9 Å². The van der Waals surface area contributed by atoms with Gasteiger partial charge in [-0.15, -0.1) is 0 Å². The van der Waals surface area contributed by atoms with E-state index in [1.54, 1.807) is 24.3 Å². The van der Waals surface area contributed by atoms with E-state index < -0.39 is 48.0 Å². The molecule has 4 rings (SSSR count). The number of rotatable bonds is 11. The van der Waals surface area contributed by atoms with E-state index in [0.717, 1.165) is 0 Å². The van der Waals surface area contributed by atoms with Gasteiger partial charge in [0.15, 0.2) is 5.82 Å². The third-order valence-electron chi connectivity index (χ3n) is 6.76. The lowest BCUT2D eigenvalue weighted by molar-refractivity contribution is -0.192. The number of alkyl halides is 3. The summed E-state index contributed by atoms with van der Waals surface area (Å²) in [5.74, 6) is -5.05. The van der Waals surface area contributed by atoms with Crippen molar-refractivity contribution in [2.75, 3.05) is 11.1 Å². The Hall–Kier alpha value is -6.79. The highest BCUT2D eigenvalue weighted by molar-refractivity contribution is 6.04. The van der Waals surface area contributed by atoms with Crippen LogP contribution in [0.2, 0.25) is 0 Å². The van der Waals surface area contributed by atoms with Gasteiger partial charge >= 0.3 is 24.2 Å². The summed E-state index contributed by atoms with van der Waals surface area (Å²) in [6.07, 6.45) is -4.56. The molecule has 0 aliphatic rings. The Balaban J connectivity index is 0.000000980. The number of nitrogens with zero attached hydrogens (tertiary/aromatic N) is 2. The van der Waals surface area contributed by atoms with Crippen LogP contribution in [0.15, 0.2) is 77.7 Å². The number of benzene rings is 3. The number of hydrogen-bond donors (Lipinski definition) is 7. The van der Waals surface area contributed by atoms with E-state index in [1.165, 1.54) is 53.2 Å². The molecule has 0 aliphatic heterocycles. The van der Waals surface area contributed by atoms with Crippen LogP contribution in [-0.4, -0.2) is 61.8 Å². The number of aromatic carboxylic acids is 1. The summed E-state index contributed by atoms with van der Waals surface area (Å²) in [4.78, 5) is 63.1. The van der Waals surface area contributed by atoms with Gasteiger partial charge in [-0.05, 0) is 55.3 Å². The average Bonchev–Trinajstić information content (AvgIpc) is 3.08. The molecule has 1 aromatic heterocycles. The summed E-state index contributed by atoms with van der Waals surface area (Å²) in [6, 6.07) is 16.0. The number of nitrogens with two attached hydrogens (primary N) is 1. The second kappa shape index (κ2) is 17.9. The van der Waals surface area contributed by atoms with Crippen LogP contribution in [0.1, 0.15) is 40.9 Å². The minimum absolute atomic E-state index is 0.0277. The molecule has 0 atom stereocenters. The zero-order chi connectivity index (χ0) is 39.5. The van der Waals surface area contributed by atoms with Gasteiger partial charge in [-0.2, -0.15) is 13.2 Å². The van der Waals surface area contributed by atoms with Crippen LogP contribution < -0.4 is 27.2 Å². The maximum absolute atomic E-state index is 13.4. The number of ether oxygens (including phenoxy) is 1. The predicted octanol–water partition coefficient (Wildman–Crippen LogP) is 4.35. The third-order valence-corrected chi connectivity index (χ3v) is 6.76. The first-order valence-electron chi connectivity index (χ1n) is 15.3. The first-order valence-corrected chi connectivity index (χ1v) is 15.3. The van der Waals surface area contributed by atoms with Crippen molar-refractivity contribution in [3.8, 4) is 11.3 Å². The van der Waals surface area contributed by atoms with Crippen molar-refractivity contribution < 1.29 is 51.7 Å². The van der Waals surface area contributed by atoms with Gasteiger partial charge in [0, 0.05) is 29.4 Å². The molecular weight excluding hydrogens is 710 g/mol. The quantitative estimate of drug-likeness (QED) is 0.0493. The highest BCUT2D eigenvalue weighted by Crippen LogP contribution is 2.23. The van der Waals surface area contributed by atoms with Gasteiger partial charge in [-0.25, -0.2) is 23.8 Å². The lowest BCUT2D eigenvalue weighted by atomic mass is 10.1. The third kappa shape index (κ3) is 12.5. The number of anilines is 2. The van der Waals surface area contributed by atoms with Gasteiger partial charge < -0.3 is 31.3 Å². The highest BCUT2D eigenvalue weighted by Gasteiger charge is 2.38. The lowest BCUT2D eigenvalue weighted by Gasteiger charge is -2.17. The van der Waals surface area contributed by atoms with E-state index in [9.17, 15) is 41.8 Å². The number of aromatic nitrogens is 2. The number of alkyl carbamates (subject to hydrolysis) is 1. The molecule has 0 spiro atoms. The molecule has 19 heteroatoms. The Labute approximate surface area is 297 Å². The zero-order valence-corrected chi connectivity index (χ0v) is 28.0. The molecule has 0 saturated heterocycles. The smallest absolute Gasteiger partial charge is 0.478 e. The van der Waals surface area contributed by atoms with Gasteiger partial charge in [0.05, 0.1) is 17.5 Å². The number of amides is 2. The molecule has 0 aliphatic carbocycles. The normalized spacial score (nSPS) is 10.8. The minimum Gasteiger partial charge on any atom is -0.478 e. The predicted molar refractivity (Wildman–Crippen MR) is 183 cm³/mol. The van der Waals surface area contributed by atoms with Crippen LogP contribution >= 0.6 is 0 Å². The Morgan fingerprint density at radius 2 is 1.57 bits per heavy atom. The van der Waals surface area contributed by atoms with Crippen molar-refractivity contribution in [2.24, 2.45) is 0 Å².